The van der Waals surface area contributed by atoms with E-state index in [2.05, 4.69) is 29.1 Å². The second-order valence-electron chi connectivity index (χ2n) is 5.58. The highest BCUT2D eigenvalue weighted by Gasteiger charge is 2.22. The predicted octanol–water partition coefficient (Wildman–Crippen LogP) is 1.15. The van der Waals surface area contributed by atoms with E-state index in [0.29, 0.717) is 0 Å². The van der Waals surface area contributed by atoms with Crippen molar-refractivity contribution in [2.24, 2.45) is 0 Å². The van der Waals surface area contributed by atoms with Gasteiger partial charge >= 0.3 is 0 Å². The molecule has 2 heterocycles. The number of piperazine rings is 1. The molecular formula is C13H27N3. The van der Waals surface area contributed by atoms with Gasteiger partial charge in [0.1, 0.15) is 0 Å². The number of hydrogen-bond acceptors (Lipinski definition) is 3. The molecule has 0 bridgehead atoms. The molecule has 0 saturated carbocycles. The van der Waals surface area contributed by atoms with E-state index in [1.54, 1.807) is 0 Å². The third-order valence-corrected chi connectivity index (χ3v) is 4.15. The summed E-state index contributed by atoms with van der Waals surface area (Å²) in [5.74, 6) is 0. The Morgan fingerprint density at radius 3 is 2.81 bits per heavy atom. The maximum atomic E-state index is 3.65. The Hall–Kier alpha value is -0.120. The van der Waals surface area contributed by atoms with Crippen LogP contribution >= 0.6 is 0 Å². The molecular weight excluding hydrogens is 198 g/mol. The Bertz CT molecular complexity index is 201. The molecule has 1 N–H and O–H groups in total. The Balaban J connectivity index is 1.68. The Kier molecular flexibility index (Phi) is 4.62. The van der Waals surface area contributed by atoms with Crippen molar-refractivity contribution in [3.05, 3.63) is 0 Å². The summed E-state index contributed by atoms with van der Waals surface area (Å²) >= 11 is 0. The zero-order valence-electron chi connectivity index (χ0n) is 10.9. The summed E-state index contributed by atoms with van der Waals surface area (Å²) in [6.07, 6.45) is 5.54. The molecule has 2 unspecified atom stereocenters. The van der Waals surface area contributed by atoms with Crippen molar-refractivity contribution in [1.29, 1.82) is 0 Å². The van der Waals surface area contributed by atoms with Gasteiger partial charge in [-0.25, -0.2) is 0 Å². The Morgan fingerprint density at radius 2 is 2.12 bits per heavy atom. The molecule has 2 aliphatic rings. The number of nitrogens with one attached hydrogen (secondary N) is 1. The first-order valence-electron chi connectivity index (χ1n) is 6.91. The molecule has 2 fully saturated rings. The van der Waals surface area contributed by atoms with Crippen molar-refractivity contribution >= 4 is 0 Å². The normalized spacial score (nSPS) is 34.1. The van der Waals surface area contributed by atoms with Gasteiger partial charge in [0.05, 0.1) is 0 Å². The third-order valence-electron chi connectivity index (χ3n) is 4.15. The second kappa shape index (κ2) is 5.99. The maximum Gasteiger partial charge on any atom is 0.0195 e. The fourth-order valence-corrected chi connectivity index (χ4v) is 3.00. The third kappa shape index (κ3) is 3.44. The van der Waals surface area contributed by atoms with Crippen molar-refractivity contribution in [2.45, 2.75) is 44.7 Å². The lowest BCUT2D eigenvalue weighted by molar-refractivity contribution is 0.0949. The van der Waals surface area contributed by atoms with E-state index in [1.165, 1.54) is 58.4 Å². The van der Waals surface area contributed by atoms with Gasteiger partial charge in [-0.15, -0.1) is 0 Å². The van der Waals surface area contributed by atoms with E-state index in [-0.39, 0.29) is 0 Å². The maximum absolute atomic E-state index is 3.65. The lowest BCUT2D eigenvalue weighted by atomic mass is 10.0. The van der Waals surface area contributed by atoms with Gasteiger partial charge in [0.2, 0.25) is 0 Å². The summed E-state index contributed by atoms with van der Waals surface area (Å²) in [7, 11) is 2.23. The summed E-state index contributed by atoms with van der Waals surface area (Å²) in [4.78, 5) is 5.11. The zero-order chi connectivity index (χ0) is 11.4. The highest BCUT2D eigenvalue weighted by molar-refractivity contribution is 4.80. The average Bonchev–Trinajstić information content (AvgIpc) is 2.29. The first kappa shape index (κ1) is 12.3. The molecule has 16 heavy (non-hydrogen) atoms. The first-order valence-corrected chi connectivity index (χ1v) is 6.91. The van der Waals surface area contributed by atoms with Gasteiger partial charge in [0, 0.05) is 38.3 Å². The van der Waals surface area contributed by atoms with Crippen LogP contribution in [-0.4, -0.2) is 61.7 Å². The van der Waals surface area contributed by atoms with Crippen LogP contribution in [0.15, 0.2) is 0 Å². The van der Waals surface area contributed by atoms with Crippen molar-refractivity contribution < 1.29 is 0 Å². The van der Waals surface area contributed by atoms with Crippen LogP contribution in [0.3, 0.4) is 0 Å². The molecule has 0 aromatic carbocycles. The number of likely N-dealkylation sites (N-methyl/N-ethyl adjacent to an activating group) is 1. The Labute approximate surface area is 100 Å². The quantitative estimate of drug-likeness (QED) is 0.777. The van der Waals surface area contributed by atoms with Gasteiger partial charge in [0.15, 0.2) is 0 Å². The molecule has 94 valence electrons. The second-order valence-corrected chi connectivity index (χ2v) is 5.58. The van der Waals surface area contributed by atoms with Gasteiger partial charge < -0.3 is 10.2 Å². The summed E-state index contributed by atoms with van der Waals surface area (Å²) < 4.78 is 0. The molecule has 0 spiro atoms. The number of nitrogens with zero attached hydrogens (tertiary/aromatic N) is 2. The molecule has 0 radical (unpaired) electrons. The zero-order valence-corrected chi connectivity index (χ0v) is 10.9. The summed E-state index contributed by atoms with van der Waals surface area (Å²) in [5, 5.41) is 3.65. The minimum Gasteiger partial charge on any atom is -0.314 e. The first-order chi connectivity index (χ1) is 7.75. The predicted molar refractivity (Wildman–Crippen MR) is 68.8 cm³/mol. The lowest BCUT2D eigenvalue weighted by Gasteiger charge is -2.39. The average molecular weight is 225 g/mol. The molecule has 0 amide bonds. The Morgan fingerprint density at radius 1 is 1.25 bits per heavy atom. The van der Waals surface area contributed by atoms with Gasteiger partial charge in [-0.3, -0.25) is 4.90 Å². The van der Waals surface area contributed by atoms with E-state index in [1.807, 2.05) is 0 Å². The largest absolute Gasteiger partial charge is 0.314 e. The summed E-state index contributed by atoms with van der Waals surface area (Å²) in [6, 6.07) is 1.53. The van der Waals surface area contributed by atoms with Crippen molar-refractivity contribution in [3.63, 3.8) is 0 Å². The highest BCUT2D eigenvalue weighted by Crippen LogP contribution is 2.13. The van der Waals surface area contributed by atoms with E-state index in [0.717, 1.165) is 12.1 Å². The minimum absolute atomic E-state index is 0.738. The van der Waals surface area contributed by atoms with E-state index in [9.17, 15) is 0 Å². The molecule has 3 heteroatoms. The van der Waals surface area contributed by atoms with E-state index in [4.69, 9.17) is 0 Å². The molecule has 2 aliphatic heterocycles. The van der Waals surface area contributed by atoms with Crippen LogP contribution < -0.4 is 5.32 Å². The highest BCUT2D eigenvalue weighted by atomic mass is 15.3. The molecule has 2 rings (SSSR count). The number of hydrogen-bond donors (Lipinski definition) is 1. The van der Waals surface area contributed by atoms with E-state index >= 15 is 0 Å². The van der Waals surface area contributed by atoms with Crippen LogP contribution in [-0.2, 0) is 0 Å². The number of piperidine rings is 1. The number of rotatable bonds is 3. The van der Waals surface area contributed by atoms with Crippen molar-refractivity contribution in [3.8, 4) is 0 Å². The van der Waals surface area contributed by atoms with E-state index < -0.39 is 0 Å². The fourth-order valence-electron chi connectivity index (χ4n) is 3.00. The van der Waals surface area contributed by atoms with Crippen LogP contribution in [0.5, 0.6) is 0 Å². The van der Waals surface area contributed by atoms with Crippen LogP contribution in [0.4, 0.5) is 0 Å². The summed E-state index contributed by atoms with van der Waals surface area (Å²) in [5.41, 5.74) is 0. The lowest BCUT2D eigenvalue weighted by Crippen LogP contribution is -2.51. The molecule has 0 aliphatic carbocycles. The topological polar surface area (TPSA) is 18.5 Å². The van der Waals surface area contributed by atoms with Crippen LogP contribution in [0.1, 0.15) is 32.6 Å². The standard InChI is InChI=1S/C13H27N3/c1-12-11-15(2)9-10-16(12)8-6-13-5-3-4-7-14-13/h12-14H,3-11H2,1-2H3. The smallest absolute Gasteiger partial charge is 0.0195 e. The minimum atomic E-state index is 0.738. The van der Waals surface area contributed by atoms with Crippen molar-refractivity contribution in [1.82, 2.24) is 15.1 Å². The molecule has 3 nitrogen and oxygen atoms in total. The van der Waals surface area contributed by atoms with Crippen LogP contribution in [0.2, 0.25) is 0 Å². The van der Waals surface area contributed by atoms with Gasteiger partial charge in [-0.1, -0.05) is 6.42 Å². The van der Waals surface area contributed by atoms with Gasteiger partial charge in [-0.2, -0.15) is 0 Å². The molecule has 0 aromatic rings. The summed E-state index contributed by atoms with van der Waals surface area (Å²) in [6.45, 7) is 8.62. The fraction of sp³-hybridized carbons (Fsp3) is 1.00. The van der Waals surface area contributed by atoms with Crippen LogP contribution in [0, 0.1) is 0 Å². The monoisotopic (exact) mass is 225 g/mol. The van der Waals surface area contributed by atoms with Crippen molar-refractivity contribution in [2.75, 3.05) is 39.8 Å². The van der Waals surface area contributed by atoms with Gasteiger partial charge in [-0.05, 0) is 39.8 Å². The van der Waals surface area contributed by atoms with Gasteiger partial charge in [0.25, 0.3) is 0 Å². The molecule has 0 aromatic heterocycles. The molecule has 2 atom stereocenters. The van der Waals surface area contributed by atoms with Crippen LogP contribution in [0.25, 0.3) is 0 Å². The SMILES string of the molecule is CC1CN(C)CCN1CCC1CCCCN1. The molecule has 2 saturated heterocycles.